The van der Waals surface area contributed by atoms with Crippen molar-refractivity contribution in [1.29, 1.82) is 0 Å². The third kappa shape index (κ3) is 8.07. The molecule has 0 spiro atoms. The number of ether oxygens (including phenoxy) is 3. The number of halogens is 2. The molecular formula is C26H44F2O3. The highest BCUT2D eigenvalue weighted by molar-refractivity contribution is 5.29. The molecule has 3 rings (SSSR count). The Morgan fingerprint density at radius 3 is 2.06 bits per heavy atom. The number of methoxy groups -OCH3 is 1. The van der Waals surface area contributed by atoms with Crippen molar-refractivity contribution in [2.45, 2.75) is 104 Å². The second kappa shape index (κ2) is 14.1. The Hall–Kier alpha value is -1.10. The lowest BCUT2D eigenvalue weighted by atomic mass is 9.77. The standard InChI is InChI=1S/C23H36F2O3.C3H8/c1-3-4-5-16-8-11-19(27-14-16)18-9-6-17(7-10-18)15-28-21-13-12-20(26-2)22(24)23(21)25;1-3-2/h16-19H,3-15H2,1-2H3;3H2,1-2H3. The van der Waals surface area contributed by atoms with Crippen LogP contribution in [0.5, 0.6) is 0 Å². The maximum absolute atomic E-state index is 14.1. The van der Waals surface area contributed by atoms with Gasteiger partial charge in [-0.3, -0.25) is 0 Å². The summed E-state index contributed by atoms with van der Waals surface area (Å²) >= 11 is 0. The first-order valence-electron chi connectivity index (χ1n) is 12.6. The van der Waals surface area contributed by atoms with Crippen LogP contribution in [0.2, 0.25) is 0 Å². The van der Waals surface area contributed by atoms with Crippen LogP contribution in [-0.2, 0) is 14.2 Å². The molecule has 1 heterocycles. The Kier molecular flexibility index (Phi) is 11.9. The summed E-state index contributed by atoms with van der Waals surface area (Å²) in [6.07, 6.45) is 13.3. The van der Waals surface area contributed by atoms with E-state index in [-0.39, 0.29) is 11.5 Å². The third-order valence-corrected chi connectivity index (χ3v) is 6.79. The Bertz CT molecular complexity index is 571. The van der Waals surface area contributed by atoms with E-state index in [9.17, 15) is 8.78 Å². The Labute approximate surface area is 188 Å². The first-order chi connectivity index (χ1) is 15.0. The van der Waals surface area contributed by atoms with Gasteiger partial charge in [-0.1, -0.05) is 40.0 Å². The summed E-state index contributed by atoms with van der Waals surface area (Å²) in [4.78, 5) is 0. The van der Waals surface area contributed by atoms with Crippen LogP contribution in [0, 0.1) is 17.8 Å². The largest absolute Gasteiger partial charge is 0.498 e. The monoisotopic (exact) mass is 442 g/mol. The smallest absolute Gasteiger partial charge is 0.199 e. The van der Waals surface area contributed by atoms with Crippen molar-refractivity contribution < 1.29 is 23.0 Å². The summed E-state index contributed by atoms with van der Waals surface area (Å²) in [6.45, 7) is 7.91. The molecule has 180 valence electrons. The van der Waals surface area contributed by atoms with Crippen LogP contribution in [-0.4, -0.2) is 26.4 Å². The highest BCUT2D eigenvalue weighted by Gasteiger charge is 2.32. The Morgan fingerprint density at radius 1 is 0.871 bits per heavy atom. The lowest BCUT2D eigenvalue weighted by Crippen LogP contribution is -2.34. The number of allylic oxidation sites excluding steroid dienone is 4. The number of hydrogen-bond acceptors (Lipinski definition) is 3. The van der Waals surface area contributed by atoms with Crippen LogP contribution < -0.4 is 0 Å². The summed E-state index contributed by atoms with van der Waals surface area (Å²) < 4.78 is 44.7. The third-order valence-electron chi connectivity index (χ3n) is 6.79. The van der Waals surface area contributed by atoms with Crippen molar-refractivity contribution in [2.24, 2.45) is 17.8 Å². The van der Waals surface area contributed by atoms with E-state index in [0.29, 0.717) is 37.4 Å². The normalized spacial score (nSPS) is 29.4. The van der Waals surface area contributed by atoms with Gasteiger partial charge >= 0.3 is 0 Å². The van der Waals surface area contributed by atoms with Gasteiger partial charge in [0.25, 0.3) is 0 Å². The Balaban J connectivity index is 0.00000107. The molecule has 2 atom stereocenters. The van der Waals surface area contributed by atoms with Gasteiger partial charge in [0.05, 0.1) is 19.8 Å². The molecule has 0 N–H and O–H groups in total. The van der Waals surface area contributed by atoms with Crippen molar-refractivity contribution in [3.05, 3.63) is 23.2 Å². The molecule has 3 aliphatic rings. The number of rotatable bonds is 8. The molecule has 31 heavy (non-hydrogen) atoms. The average molecular weight is 443 g/mol. The zero-order valence-corrected chi connectivity index (χ0v) is 20.2. The highest BCUT2D eigenvalue weighted by Crippen LogP contribution is 2.38. The molecule has 1 saturated carbocycles. The molecule has 0 bridgehead atoms. The van der Waals surface area contributed by atoms with Crippen molar-refractivity contribution in [3.63, 3.8) is 0 Å². The van der Waals surface area contributed by atoms with Crippen LogP contribution in [0.1, 0.15) is 97.8 Å². The van der Waals surface area contributed by atoms with Gasteiger partial charge in [0.1, 0.15) is 11.5 Å². The second-order valence-electron chi connectivity index (χ2n) is 9.43. The molecule has 0 aromatic carbocycles. The van der Waals surface area contributed by atoms with E-state index < -0.39 is 11.7 Å². The van der Waals surface area contributed by atoms with E-state index in [2.05, 4.69) is 20.8 Å². The first-order valence-corrected chi connectivity index (χ1v) is 12.6. The van der Waals surface area contributed by atoms with Crippen molar-refractivity contribution in [1.82, 2.24) is 0 Å². The van der Waals surface area contributed by atoms with Gasteiger partial charge in [-0.05, 0) is 62.7 Å². The minimum atomic E-state index is -0.904. The van der Waals surface area contributed by atoms with Crippen LogP contribution >= 0.6 is 0 Å². The molecule has 0 amide bonds. The van der Waals surface area contributed by atoms with Gasteiger partial charge in [-0.15, -0.1) is 0 Å². The summed E-state index contributed by atoms with van der Waals surface area (Å²) in [5.74, 6) is 0.271. The summed E-state index contributed by atoms with van der Waals surface area (Å²) in [5.41, 5.74) is 0. The molecule has 1 aliphatic heterocycles. The molecule has 1 saturated heterocycles. The van der Waals surface area contributed by atoms with E-state index in [0.717, 1.165) is 38.2 Å². The van der Waals surface area contributed by atoms with Gasteiger partial charge in [-0.25, -0.2) is 0 Å². The lowest BCUT2D eigenvalue weighted by molar-refractivity contribution is -0.0615. The second-order valence-corrected chi connectivity index (χ2v) is 9.43. The molecule has 0 aromatic rings. The topological polar surface area (TPSA) is 27.7 Å². The van der Waals surface area contributed by atoms with E-state index in [1.165, 1.54) is 45.6 Å². The fourth-order valence-electron chi connectivity index (χ4n) is 4.88. The molecule has 5 heteroatoms. The summed E-state index contributed by atoms with van der Waals surface area (Å²) in [7, 11) is 1.37. The van der Waals surface area contributed by atoms with Crippen LogP contribution in [0.25, 0.3) is 0 Å². The van der Waals surface area contributed by atoms with Gasteiger partial charge in [0, 0.05) is 19.4 Å². The number of unbranched alkanes of at least 4 members (excludes halogenated alkanes) is 1. The van der Waals surface area contributed by atoms with Crippen molar-refractivity contribution >= 4 is 0 Å². The van der Waals surface area contributed by atoms with Crippen molar-refractivity contribution in [2.75, 3.05) is 20.3 Å². The molecule has 0 aromatic heterocycles. The summed E-state index contributed by atoms with van der Waals surface area (Å²) in [6, 6.07) is 0. The van der Waals surface area contributed by atoms with E-state index in [1.54, 1.807) is 0 Å². The minimum absolute atomic E-state index is 0.0785. The SMILES string of the molecule is CCC.CCCCC1CCC(C2CCC(COC3=C(F)C(F)=C(OC)CC3)CC2)OC1. The molecule has 0 radical (unpaired) electrons. The van der Waals surface area contributed by atoms with E-state index in [4.69, 9.17) is 14.2 Å². The molecule has 2 fully saturated rings. The van der Waals surface area contributed by atoms with Gasteiger partial charge in [-0.2, -0.15) is 8.78 Å². The van der Waals surface area contributed by atoms with Gasteiger partial charge in [0.15, 0.2) is 11.7 Å². The maximum atomic E-state index is 14.1. The van der Waals surface area contributed by atoms with Crippen molar-refractivity contribution in [3.8, 4) is 0 Å². The first kappa shape index (κ1) is 26.2. The maximum Gasteiger partial charge on any atom is 0.199 e. The van der Waals surface area contributed by atoms with Gasteiger partial charge < -0.3 is 14.2 Å². The zero-order chi connectivity index (χ0) is 22.6. The van der Waals surface area contributed by atoms with Gasteiger partial charge in [0.2, 0.25) is 0 Å². The molecule has 2 unspecified atom stereocenters. The van der Waals surface area contributed by atoms with Crippen LogP contribution in [0.3, 0.4) is 0 Å². The highest BCUT2D eigenvalue weighted by atomic mass is 19.2. The lowest BCUT2D eigenvalue weighted by Gasteiger charge is -2.38. The van der Waals surface area contributed by atoms with Crippen LogP contribution in [0.4, 0.5) is 8.78 Å². The fraction of sp³-hybridized carbons (Fsp3) is 0.846. The van der Waals surface area contributed by atoms with E-state index in [1.807, 2.05) is 0 Å². The molecular weight excluding hydrogens is 398 g/mol. The quantitative estimate of drug-likeness (QED) is 0.381. The summed E-state index contributed by atoms with van der Waals surface area (Å²) in [5, 5.41) is 0. The fourth-order valence-corrected chi connectivity index (χ4v) is 4.88. The minimum Gasteiger partial charge on any atom is -0.498 e. The number of hydrogen-bond donors (Lipinski definition) is 0. The Morgan fingerprint density at radius 2 is 1.48 bits per heavy atom. The van der Waals surface area contributed by atoms with Crippen LogP contribution in [0.15, 0.2) is 23.2 Å². The predicted molar refractivity (Wildman–Crippen MR) is 122 cm³/mol. The average Bonchev–Trinajstić information content (AvgIpc) is 2.80. The predicted octanol–water partition coefficient (Wildman–Crippen LogP) is 8.01. The molecule has 2 aliphatic carbocycles. The van der Waals surface area contributed by atoms with E-state index >= 15 is 0 Å². The zero-order valence-electron chi connectivity index (χ0n) is 20.2. The molecule has 3 nitrogen and oxygen atoms in total.